The van der Waals surface area contributed by atoms with Gasteiger partial charge in [0.2, 0.25) is 0 Å². The first-order chi connectivity index (χ1) is 7.57. The summed E-state index contributed by atoms with van der Waals surface area (Å²) >= 11 is 7.12. The average molecular weight is 319 g/mol. The normalized spacial score (nSPS) is 19.3. The van der Waals surface area contributed by atoms with Crippen molar-refractivity contribution in [2.24, 2.45) is 10.4 Å². The van der Waals surface area contributed by atoms with Gasteiger partial charge in [0.1, 0.15) is 0 Å². The van der Waals surface area contributed by atoms with E-state index in [0.29, 0.717) is 5.41 Å². The lowest BCUT2D eigenvalue weighted by atomic mass is 9.97. The summed E-state index contributed by atoms with van der Waals surface area (Å²) in [6, 6.07) is 2.08. The van der Waals surface area contributed by atoms with Crippen LogP contribution in [0.3, 0.4) is 0 Å². The van der Waals surface area contributed by atoms with Crippen molar-refractivity contribution in [2.75, 3.05) is 12.3 Å². The first-order valence-corrected chi connectivity index (χ1v) is 7.86. The number of hydrogen-bond donors (Lipinski definition) is 1. The van der Waals surface area contributed by atoms with Crippen molar-refractivity contribution in [1.82, 2.24) is 5.32 Å². The molecule has 2 heterocycles. The van der Waals surface area contributed by atoms with Crippen LogP contribution in [-0.2, 0) is 6.54 Å². The minimum absolute atomic E-state index is 0.347. The van der Waals surface area contributed by atoms with Crippen LogP contribution in [-0.4, -0.2) is 17.5 Å². The molecular weight excluding hydrogens is 304 g/mol. The maximum absolute atomic E-state index is 4.57. The Labute approximate surface area is 113 Å². The Bertz CT molecular complexity index is 398. The molecular formula is C11H15BrN2S2. The topological polar surface area (TPSA) is 24.4 Å². The third-order valence-electron chi connectivity index (χ3n) is 2.34. The van der Waals surface area contributed by atoms with Gasteiger partial charge in [-0.3, -0.25) is 4.99 Å². The number of nitrogens with one attached hydrogen (secondary N) is 1. The minimum atomic E-state index is 0.347. The molecule has 0 amide bonds. The Kier molecular flexibility index (Phi) is 3.97. The monoisotopic (exact) mass is 318 g/mol. The predicted octanol–water partition coefficient (Wildman–Crippen LogP) is 3.73. The fourth-order valence-electron chi connectivity index (χ4n) is 1.35. The number of hydrogen-bond acceptors (Lipinski definition) is 4. The summed E-state index contributed by atoms with van der Waals surface area (Å²) in [6.45, 7) is 6.31. The van der Waals surface area contributed by atoms with E-state index in [9.17, 15) is 0 Å². The summed E-state index contributed by atoms with van der Waals surface area (Å²) in [7, 11) is 0. The third kappa shape index (κ3) is 3.25. The number of amidine groups is 1. The zero-order chi connectivity index (χ0) is 11.6. The van der Waals surface area contributed by atoms with Gasteiger partial charge in [0.05, 0.1) is 6.54 Å². The second-order valence-corrected chi connectivity index (χ2v) is 7.44. The molecule has 0 saturated carbocycles. The molecule has 0 radical (unpaired) electrons. The largest absolute Gasteiger partial charge is 0.360 e. The Morgan fingerprint density at radius 1 is 1.56 bits per heavy atom. The second-order valence-electron chi connectivity index (χ2n) is 4.62. The summed E-state index contributed by atoms with van der Waals surface area (Å²) < 4.78 is 1.19. The predicted molar refractivity (Wildman–Crippen MR) is 77.4 cm³/mol. The standard InChI is InChI=1S/C11H15BrN2S2/c1-11(2)6-14-10(16-7-11)13-5-9-8(12)3-4-15-9/h3-4H,5-7H2,1-2H3,(H,13,14). The van der Waals surface area contributed by atoms with E-state index >= 15 is 0 Å². The summed E-state index contributed by atoms with van der Waals surface area (Å²) in [4.78, 5) is 5.90. The van der Waals surface area contributed by atoms with Gasteiger partial charge in [-0.05, 0) is 32.8 Å². The van der Waals surface area contributed by atoms with E-state index in [0.717, 1.165) is 24.0 Å². The van der Waals surface area contributed by atoms with Crippen molar-refractivity contribution < 1.29 is 0 Å². The smallest absolute Gasteiger partial charge is 0.156 e. The molecule has 0 aromatic carbocycles. The van der Waals surface area contributed by atoms with E-state index in [-0.39, 0.29) is 0 Å². The van der Waals surface area contributed by atoms with Crippen LogP contribution in [0.4, 0.5) is 0 Å². The van der Waals surface area contributed by atoms with Crippen LogP contribution in [0.25, 0.3) is 0 Å². The highest BCUT2D eigenvalue weighted by atomic mass is 79.9. The molecule has 5 heteroatoms. The zero-order valence-corrected chi connectivity index (χ0v) is 12.6. The van der Waals surface area contributed by atoms with Crippen LogP contribution in [0.5, 0.6) is 0 Å². The summed E-state index contributed by atoms with van der Waals surface area (Å²) in [5, 5.41) is 6.58. The molecule has 1 N–H and O–H groups in total. The SMILES string of the molecule is CC1(C)CN=C(NCc2sccc2Br)SC1. The molecule has 88 valence electrons. The van der Waals surface area contributed by atoms with Crippen molar-refractivity contribution in [2.45, 2.75) is 20.4 Å². The lowest BCUT2D eigenvalue weighted by molar-refractivity contribution is 0.436. The molecule has 1 aromatic heterocycles. The van der Waals surface area contributed by atoms with Crippen LogP contribution < -0.4 is 5.32 Å². The highest BCUT2D eigenvalue weighted by Gasteiger charge is 2.23. The van der Waals surface area contributed by atoms with E-state index < -0.39 is 0 Å². The number of rotatable bonds is 2. The lowest BCUT2D eigenvalue weighted by Gasteiger charge is -2.27. The molecule has 0 fully saturated rings. The molecule has 1 aliphatic heterocycles. The van der Waals surface area contributed by atoms with Crippen molar-refractivity contribution in [3.05, 3.63) is 20.8 Å². The molecule has 2 nitrogen and oxygen atoms in total. The molecule has 0 aliphatic carbocycles. The first kappa shape index (κ1) is 12.5. The van der Waals surface area contributed by atoms with Crippen LogP contribution in [0.1, 0.15) is 18.7 Å². The van der Waals surface area contributed by atoms with Crippen molar-refractivity contribution >= 4 is 44.2 Å². The van der Waals surface area contributed by atoms with Crippen molar-refractivity contribution in [1.29, 1.82) is 0 Å². The molecule has 0 saturated heterocycles. The van der Waals surface area contributed by atoms with Gasteiger partial charge in [-0.2, -0.15) is 0 Å². The average Bonchev–Trinajstić information content (AvgIpc) is 2.63. The maximum Gasteiger partial charge on any atom is 0.156 e. The summed E-state index contributed by atoms with van der Waals surface area (Å²) in [5.74, 6) is 1.14. The summed E-state index contributed by atoms with van der Waals surface area (Å²) in [5.41, 5.74) is 0.347. The number of halogens is 1. The fourth-order valence-corrected chi connectivity index (χ4v) is 3.74. The van der Waals surface area contributed by atoms with Crippen LogP contribution in [0, 0.1) is 5.41 Å². The van der Waals surface area contributed by atoms with Crippen LogP contribution >= 0.6 is 39.0 Å². The minimum Gasteiger partial charge on any atom is -0.360 e. The Morgan fingerprint density at radius 2 is 2.38 bits per heavy atom. The molecule has 1 aliphatic rings. The van der Waals surface area contributed by atoms with Gasteiger partial charge in [-0.15, -0.1) is 11.3 Å². The highest BCUT2D eigenvalue weighted by molar-refractivity contribution is 9.10. The number of thioether (sulfide) groups is 1. The number of nitrogens with zero attached hydrogens (tertiary/aromatic N) is 1. The fraction of sp³-hybridized carbons (Fsp3) is 0.545. The first-order valence-electron chi connectivity index (χ1n) is 5.20. The van der Waals surface area contributed by atoms with Crippen LogP contribution in [0.15, 0.2) is 20.9 Å². The molecule has 16 heavy (non-hydrogen) atoms. The van der Waals surface area contributed by atoms with Gasteiger partial charge >= 0.3 is 0 Å². The Balaban J connectivity index is 1.88. The van der Waals surface area contributed by atoms with E-state index in [2.05, 4.69) is 51.5 Å². The van der Waals surface area contributed by atoms with Crippen molar-refractivity contribution in [3.8, 4) is 0 Å². The molecule has 1 aromatic rings. The van der Waals surface area contributed by atoms with Crippen LogP contribution in [0.2, 0.25) is 0 Å². The van der Waals surface area contributed by atoms with Gasteiger partial charge in [0.15, 0.2) is 5.17 Å². The molecule has 0 spiro atoms. The number of thiophene rings is 1. The molecule has 0 unspecified atom stereocenters. The van der Waals surface area contributed by atoms with Gasteiger partial charge in [-0.1, -0.05) is 25.6 Å². The molecule has 2 rings (SSSR count). The molecule has 0 bridgehead atoms. The van der Waals surface area contributed by atoms with Gasteiger partial charge in [0.25, 0.3) is 0 Å². The lowest BCUT2D eigenvalue weighted by Crippen LogP contribution is -2.30. The van der Waals surface area contributed by atoms with E-state index in [4.69, 9.17) is 0 Å². The van der Waals surface area contributed by atoms with Gasteiger partial charge in [-0.25, -0.2) is 0 Å². The van der Waals surface area contributed by atoms with E-state index in [1.54, 1.807) is 11.3 Å². The Morgan fingerprint density at radius 3 is 2.94 bits per heavy atom. The van der Waals surface area contributed by atoms with Crippen molar-refractivity contribution in [3.63, 3.8) is 0 Å². The third-order valence-corrected chi connectivity index (χ3v) is 5.74. The van der Waals surface area contributed by atoms with E-state index in [1.165, 1.54) is 9.35 Å². The molecule has 0 atom stereocenters. The Hall–Kier alpha value is -0.000000000000000111. The van der Waals surface area contributed by atoms with Gasteiger partial charge in [0, 0.05) is 21.6 Å². The second kappa shape index (κ2) is 5.10. The summed E-state index contributed by atoms with van der Waals surface area (Å²) in [6.07, 6.45) is 0. The maximum atomic E-state index is 4.57. The highest BCUT2D eigenvalue weighted by Crippen LogP contribution is 2.28. The van der Waals surface area contributed by atoms with E-state index in [1.807, 2.05) is 11.8 Å². The van der Waals surface area contributed by atoms with Gasteiger partial charge < -0.3 is 5.32 Å². The number of aliphatic imine (C=N–C) groups is 1. The zero-order valence-electron chi connectivity index (χ0n) is 9.42. The quantitative estimate of drug-likeness (QED) is 0.898.